The largest absolute Gasteiger partial charge is 0.338 e. The average Bonchev–Trinajstić information content (AvgIpc) is 3.00. The number of nitrogens with zero attached hydrogens (tertiary/aromatic N) is 4. The molecule has 2 aromatic carbocycles. The van der Waals surface area contributed by atoms with Crippen molar-refractivity contribution < 1.29 is 0 Å². The Morgan fingerprint density at radius 2 is 1.92 bits per heavy atom. The van der Waals surface area contributed by atoms with Crippen LogP contribution in [-0.2, 0) is 0 Å². The molecule has 0 aliphatic rings. The molecule has 0 aliphatic carbocycles. The zero-order valence-corrected chi connectivity index (χ0v) is 13.7. The van der Waals surface area contributed by atoms with E-state index in [1.54, 1.807) is 18.0 Å². The van der Waals surface area contributed by atoms with Crippen LogP contribution in [0, 0.1) is 0 Å². The highest BCUT2D eigenvalue weighted by atomic mass is 32.2. The van der Waals surface area contributed by atoms with Crippen LogP contribution in [0.25, 0.3) is 22.1 Å². The van der Waals surface area contributed by atoms with Gasteiger partial charge in [0.15, 0.2) is 5.65 Å². The Morgan fingerprint density at radius 1 is 1.08 bits per heavy atom. The summed E-state index contributed by atoms with van der Waals surface area (Å²) in [7, 11) is 0. The molecule has 0 aliphatic heterocycles. The van der Waals surface area contributed by atoms with Crippen molar-refractivity contribution in [3.05, 3.63) is 54.1 Å². The minimum absolute atomic E-state index is 0.353. The number of H-pyrrole nitrogens is 1. The zero-order valence-electron chi connectivity index (χ0n) is 12.9. The Morgan fingerprint density at radius 3 is 2.75 bits per heavy atom. The normalized spacial score (nSPS) is 11.5. The van der Waals surface area contributed by atoms with Gasteiger partial charge in [-0.15, -0.1) is 22.0 Å². The fourth-order valence-corrected chi connectivity index (χ4v) is 2.83. The first-order valence-corrected chi connectivity index (χ1v) is 8.60. The van der Waals surface area contributed by atoms with Gasteiger partial charge in [0.25, 0.3) is 5.95 Å². The van der Waals surface area contributed by atoms with Crippen LogP contribution < -0.4 is 5.43 Å². The fourth-order valence-electron chi connectivity index (χ4n) is 2.42. The Bertz CT molecular complexity index is 1020. The van der Waals surface area contributed by atoms with Gasteiger partial charge in [0.05, 0.1) is 6.21 Å². The second kappa shape index (κ2) is 6.29. The number of aromatic amines is 1. The molecule has 0 spiro atoms. The van der Waals surface area contributed by atoms with Crippen molar-refractivity contribution in [1.29, 1.82) is 0 Å². The number of benzene rings is 2. The maximum atomic E-state index is 4.41. The van der Waals surface area contributed by atoms with Gasteiger partial charge in [-0.25, -0.2) is 5.43 Å². The van der Waals surface area contributed by atoms with Crippen LogP contribution in [0.5, 0.6) is 0 Å². The lowest BCUT2D eigenvalue weighted by atomic mass is 10.2. The molecule has 0 unspecified atom stereocenters. The summed E-state index contributed by atoms with van der Waals surface area (Å²) in [5, 5.41) is 13.5. The molecule has 0 bridgehead atoms. The fraction of sp³-hybridized carbons (Fsp3) is 0.0588. The number of anilines is 1. The first-order valence-electron chi connectivity index (χ1n) is 7.38. The van der Waals surface area contributed by atoms with Gasteiger partial charge in [0.2, 0.25) is 0 Å². The van der Waals surface area contributed by atoms with E-state index in [1.165, 1.54) is 4.90 Å². The van der Waals surface area contributed by atoms with Crippen molar-refractivity contribution in [3.63, 3.8) is 0 Å². The molecule has 2 aromatic heterocycles. The maximum absolute atomic E-state index is 4.41. The summed E-state index contributed by atoms with van der Waals surface area (Å²) >= 11 is 1.71. The van der Waals surface area contributed by atoms with E-state index in [1.807, 2.05) is 36.4 Å². The summed E-state index contributed by atoms with van der Waals surface area (Å²) in [5.41, 5.74) is 6.25. The molecule has 6 nitrogen and oxygen atoms in total. The summed E-state index contributed by atoms with van der Waals surface area (Å²) in [6, 6.07) is 16.1. The van der Waals surface area contributed by atoms with Crippen molar-refractivity contribution in [2.45, 2.75) is 4.90 Å². The second-order valence-electron chi connectivity index (χ2n) is 5.15. The van der Waals surface area contributed by atoms with E-state index < -0.39 is 0 Å². The van der Waals surface area contributed by atoms with Gasteiger partial charge < -0.3 is 4.98 Å². The van der Waals surface area contributed by atoms with Gasteiger partial charge in [-0.05, 0) is 30.0 Å². The highest BCUT2D eigenvalue weighted by molar-refractivity contribution is 7.98. The molecule has 4 aromatic rings. The number of hydrogen-bond acceptors (Lipinski definition) is 6. The zero-order chi connectivity index (χ0) is 16.4. The molecular formula is C17H14N6S. The number of hydrazone groups is 1. The van der Waals surface area contributed by atoms with Gasteiger partial charge in [-0.2, -0.15) is 10.1 Å². The van der Waals surface area contributed by atoms with Crippen LogP contribution in [0.4, 0.5) is 5.95 Å². The molecule has 0 radical (unpaired) electrons. The lowest BCUT2D eigenvalue weighted by Gasteiger charge is -1.98. The first kappa shape index (κ1) is 14.6. The van der Waals surface area contributed by atoms with E-state index in [9.17, 15) is 0 Å². The van der Waals surface area contributed by atoms with E-state index in [0.717, 1.165) is 22.0 Å². The maximum Gasteiger partial charge on any atom is 0.265 e. The van der Waals surface area contributed by atoms with E-state index in [-0.39, 0.29) is 0 Å². The van der Waals surface area contributed by atoms with Crippen molar-refractivity contribution in [2.75, 3.05) is 11.7 Å². The summed E-state index contributed by atoms with van der Waals surface area (Å²) in [5.74, 6) is 0.353. The van der Waals surface area contributed by atoms with Crippen molar-refractivity contribution in [3.8, 4) is 0 Å². The Hall–Kier alpha value is -2.93. The summed E-state index contributed by atoms with van der Waals surface area (Å²) in [6.07, 6.45) is 3.78. The molecule has 0 amide bonds. The average molecular weight is 334 g/mol. The third-order valence-electron chi connectivity index (χ3n) is 3.62. The molecule has 0 atom stereocenters. The summed E-state index contributed by atoms with van der Waals surface area (Å²) in [4.78, 5) is 8.86. The van der Waals surface area contributed by atoms with E-state index in [0.29, 0.717) is 11.6 Å². The topological polar surface area (TPSA) is 78.8 Å². The Labute approximate surface area is 142 Å². The minimum Gasteiger partial charge on any atom is -0.338 e. The number of rotatable bonds is 4. The number of hydrogen-bond donors (Lipinski definition) is 2. The minimum atomic E-state index is 0.353. The quantitative estimate of drug-likeness (QED) is 0.338. The van der Waals surface area contributed by atoms with E-state index in [2.05, 4.69) is 49.1 Å². The number of thioether (sulfide) groups is 1. The Kier molecular flexibility index (Phi) is 3.84. The van der Waals surface area contributed by atoms with E-state index >= 15 is 0 Å². The van der Waals surface area contributed by atoms with Crippen molar-refractivity contribution >= 4 is 46.0 Å². The molecule has 24 heavy (non-hydrogen) atoms. The molecule has 0 saturated heterocycles. The van der Waals surface area contributed by atoms with Gasteiger partial charge in [0, 0.05) is 15.8 Å². The number of nitrogens with one attached hydrogen (secondary N) is 2. The Balaban J connectivity index is 1.55. The predicted octanol–water partition coefficient (Wildman–Crippen LogP) is 3.67. The van der Waals surface area contributed by atoms with Gasteiger partial charge in [-0.1, -0.05) is 30.3 Å². The summed E-state index contributed by atoms with van der Waals surface area (Å²) in [6.45, 7) is 0. The van der Waals surface area contributed by atoms with Crippen LogP contribution in [0.1, 0.15) is 5.56 Å². The smallest absolute Gasteiger partial charge is 0.265 e. The van der Waals surface area contributed by atoms with Crippen LogP contribution in [0.2, 0.25) is 0 Å². The molecule has 2 heterocycles. The van der Waals surface area contributed by atoms with Gasteiger partial charge >= 0.3 is 0 Å². The van der Waals surface area contributed by atoms with E-state index in [4.69, 9.17) is 0 Å². The highest BCUT2D eigenvalue weighted by Crippen LogP contribution is 2.21. The third-order valence-corrected chi connectivity index (χ3v) is 4.36. The lowest BCUT2D eigenvalue weighted by molar-refractivity contribution is 1.01. The molecule has 7 heteroatoms. The van der Waals surface area contributed by atoms with Crippen molar-refractivity contribution in [2.24, 2.45) is 5.10 Å². The number of para-hydroxylation sites is 1. The van der Waals surface area contributed by atoms with Gasteiger partial charge in [-0.3, -0.25) is 0 Å². The highest BCUT2D eigenvalue weighted by Gasteiger charge is 2.07. The number of fused-ring (bicyclic) bond motifs is 3. The van der Waals surface area contributed by atoms with Crippen LogP contribution in [0.15, 0.2) is 58.5 Å². The molecule has 0 fully saturated rings. The first-order chi connectivity index (χ1) is 11.8. The summed E-state index contributed by atoms with van der Waals surface area (Å²) < 4.78 is 0. The van der Waals surface area contributed by atoms with Crippen molar-refractivity contribution in [1.82, 2.24) is 20.2 Å². The SMILES string of the molecule is CSc1ccc(/C=N\Nc2nnc3c(n2)[nH]c2ccccc23)cc1. The number of aromatic nitrogens is 4. The second-order valence-corrected chi connectivity index (χ2v) is 6.03. The molecule has 4 rings (SSSR count). The standard InChI is InChI=1S/C17H14N6S/c1-24-12-8-6-11(7-9-12)10-18-22-17-20-16-15(21-23-17)13-4-2-3-5-14(13)19-16/h2-10H,1H3,(H2,19,20,22,23)/b18-10-. The molecule has 118 valence electrons. The molecule has 2 N–H and O–H groups in total. The lowest BCUT2D eigenvalue weighted by Crippen LogP contribution is -1.98. The molecule has 0 saturated carbocycles. The van der Waals surface area contributed by atoms with Crippen LogP contribution in [-0.4, -0.2) is 32.6 Å². The monoisotopic (exact) mass is 334 g/mol. The third kappa shape index (κ3) is 2.81. The predicted molar refractivity (Wildman–Crippen MR) is 98.6 cm³/mol. The van der Waals surface area contributed by atoms with Crippen LogP contribution in [0.3, 0.4) is 0 Å². The van der Waals surface area contributed by atoms with Crippen LogP contribution >= 0.6 is 11.8 Å². The molecular weight excluding hydrogens is 320 g/mol. The van der Waals surface area contributed by atoms with Gasteiger partial charge in [0.1, 0.15) is 5.52 Å².